The number of carbonyl (C=O) groups is 1. The molecule has 0 saturated carbocycles. The zero-order valence-corrected chi connectivity index (χ0v) is 8.97. The minimum atomic E-state index is -0.711. The van der Waals surface area contributed by atoms with Gasteiger partial charge in [0, 0.05) is 5.69 Å². The monoisotopic (exact) mass is 225 g/mol. The summed E-state index contributed by atoms with van der Waals surface area (Å²) in [5.74, 6) is 0. The van der Waals surface area contributed by atoms with Crippen molar-refractivity contribution in [2.75, 3.05) is 12.3 Å². The van der Waals surface area contributed by atoms with Gasteiger partial charge in [0.05, 0.1) is 6.61 Å². The molecule has 88 valence electrons. The van der Waals surface area contributed by atoms with E-state index >= 15 is 0 Å². The molecule has 0 fully saturated rings. The van der Waals surface area contributed by atoms with E-state index in [-0.39, 0.29) is 0 Å². The highest BCUT2D eigenvalue weighted by Gasteiger charge is 1.82. The van der Waals surface area contributed by atoms with Crippen molar-refractivity contribution >= 4 is 17.9 Å². The van der Waals surface area contributed by atoms with E-state index in [1.54, 1.807) is 6.92 Å². The van der Waals surface area contributed by atoms with Crippen LogP contribution in [0.1, 0.15) is 6.92 Å². The summed E-state index contributed by atoms with van der Waals surface area (Å²) in [7, 11) is 0. The van der Waals surface area contributed by atoms with Crippen LogP contribution in [0.25, 0.3) is 0 Å². The summed E-state index contributed by atoms with van der Waals surface area (Å²) in [5.41, 5.74) is 10.7. The number of hydrogen-bond acceptors (Lipinski definition) is 5. The van der Waals surface area contributed by atoms with E-state index in [4.69, 9.17) is 15.9 Å². The Morgan fingerprint density at radius 2 is 1.88 bits per heavy atom. The first kappa shape index (κ1) is 16.1. The summed E-state index contributed by atoms with van der Waals surface area (Å²) in [6.45, 7) is 2.06. The van der Waals surface area contributed by atoms with Gasteiger partial charge in [0.1, 0.15) is 0 Å². The molecule has 1 amide bonds. The lowest BCUT2D eigenvalue weighted by molar-refractivity contribution is 0.163. The van der Waals surface area contributed by atoms with Crippen LogP contribution in [0, 0.1) is 5.41 Å². The van der Waals surface area contributed by atoms with Gasteiger partial charge in [-0.25, -0.2) is 15.0 Å². The van der Waals surface area contributed by atoms with Gasteiger partial charge in [0.25, 0.3) is 0 Å². The molecule has 0 atom stereocenters. The van der Waals surface area contributed by atoms with Crippen LogP contribution >= 0.6 is 0 Å². The number of nitrogen functional groups attached to an aromatic ring is 1. The summed E-state index contributed by atoms with van der Waals surface area (Å²) < 4.78 is 4.18. The zero-order chi connectivity index (χ0) is 12.8. The van der Waals surface area contributed by atoms with Crippen molar-refractivity contribution in [2.24, 2.45) is 5.73 Å². The highest BCUT2D eigenvalue weighted by atomic mass is 16.5. The van der Waals surface area contributed by atoms with E-state index in [1.807, 2.05) is 30.3 Å². The molecule has 1 rings (SSSR count). The van der Waals surface area contributed by atoms with Crippen LogP contribution < -0.4 is 11.5 Å². The second-order valence-electron chi connectivity index (χ2n) is 2.26. The van der Waals surface area contributed by atoms with Crippen LogP contribution in [-0.4, -0.2) is 18.8 Å². The lowest BCUT2D eigenvalue weighted by Gasteiger charge is -1.89. The highest BCUT2D eigenvalue weighted by molar-refractivity contribution is 5.64. The average molecular weight is 225 g/mol. The summed E-state index contributed by atoms with van der Waals surface area (Å²) in [4.78, 5) is 17.9. The maximum atomic E-state index is 9.60. The quantitative estimate of drug-likeness (QED) is 0.378. The van der Waals surface area contributed by atoms with Gasteiger partial charge in [-0.1, -0.05) is 18.2 Å². The maximum Gasteiger partial charge on any atom is 0.404 e. The Kier molecular flexibility index (Phi) is 12.8. The number of nitrogens with two attached hydrogens (primary N) is 2. The molecule has 1 aromatic rings. The van der Waals surface area contributed by atoms with Gasteiger partial charge in [-0.2, -0.15) is 0 Å². The van der Waals surface area contributed by atoms with Crippen molar-refractivity contribution in [3.05, 3.63) is 30.3 Å². The normalized spacial score (nSPS) is 7.06. The Morgan fingerprint density at radius 1 is 1.44 bits per heavy atom. The predicted octanol–water partition coefficient (Wildman–Crippen LogP) is 1.27. The summed E-state index contributed by atoms with van der Waals surface area (Å²) in [6, 6.07) is 9.49. The van der Waals surface area contributed by atoms with Crippen molar-refractivity contribution in [2.45, 2.75) is 6.92 Å². The fourth-order valence-electron chi connectivity index (χ4n) is 0.595. The molecular weight excluding hydrogens is 210 g/mol. The smallest absolute Gasteiger partial charge is 0.404 e. The van der Waals surface area contributed by atoms with Gasteiger partial charge in [0.2, 0.25) is 6.08 Å². The van der Waals surface area contributed by atoms with E-state index in [0.29, 0.717) is 6.61 Å². The topological polar surface area (TPSA) is 119 Å². The molecule has 16 heavy (non-hydrogen) atoms. The third-order valence-corrected chi connectivity index (χ3v) is 1.09. The number of rotatable bonds is 1. The molecule has 0 saturated heterocycles. The van der Waals surface area contributed by atoms with Gasteiger partial charge < -0.3 is 16.2 Å². The number of amides is 1. The lowest BCUT2D eigenvalue weighted by atomic mass is 10.3. The van der Waals surface area contributed by atoms with Gasteiger partial charge in [-0.3, -0.25) is 0 Å². The first-order valence-corrected chi connectivity index (χ1v) is 4.35. The number of hydrogen-bond donors (Lipinski definition) is 3. The van der Waals surface area contributed by atoms with Crippen molar-refractivity contribution in [1.29, 1.82) is 5.41 Å². The standard InChI is InChI=1S/C6H7N.C3H7NO2.CHNO/c7-6-4-2-1-3-5-6;1-2-6-3(4)5;2-1-3/h1-5H,7H2;2H2,1H3,(H2,4,5);2H. The van der Waals surface area contributed by atoms with E-state index in [0.717, 1.165) is 11.8 Å². The average Bonchev–Trinajstić information content (AvgIpc) is 2.20. The predicted molar refractivity (Wildman–Crippen MR) is 60.5 cm³/mol. The molecule has 0 unspecified atom stereocenters. The van der Waals surface area contributed by atoms with Crippen molar-refractivity contribution in [3.8, 4) is 0 Å². The third-order valence-electron chi connectivity index (χ3n) is 1.09. The number of para-hydroxylation sites is 1. The summed E-state index contributed by atoms with van der Waals surface area (Å²) in [6.07, 6.45) is 0.0394. The van der Waals surface area contributed by atoms with Gasteiger partial charge in [0.15, 0.2) is 0 Å². The number of primary amides is 1. The second kappa shape index (κ2) is 12.7. The molecule has 0 radical (unpaired) electrons. The SMILES string of the molecule is CCOC(N)=O.N=C=O.Nc1ccccc1. The Morgan fingerprint density at radius 3 is 2.00 bits per heavy atom. The first-order chi connectivity index (χ1) is 7.58. The van der Waals surface area contributed by atoms with E-state index in [2.05, 4.69) is 10.5 Å². The van der Waals surface area contributed by atoms with Gasteiger partial charge in [-0.05, 0) is 19.1 Å². The summed E-state index contributed by atoms with van der Waals surface area (Å²) in [5, 5.41) is 5.40. The molecule has 5 N–H and O–H groups in total. The third kappa shape index (κ3) is 17.7. The number of carbonyl (C=O) groups excluding carboxylic acids is 2. The first-order valence-electron chi connectivity index (χ1n) is 4.35. The highest BCUT2D eigenvalue weighted by Crippen LogP contribution is 1.95. The van der Waals surface area contributed by atoms with Crippen molar-refractivity contribution in [1.82, 2.24) is 0 Å². The maximum absolute atomic E-state index is 9.60. The second-order valence-corrected chi connectivity index (χ2v) is 2.26. The molecule has 6 nitrogen and oxygen atoms in total. The Hall–Kier alpha value is -2.33. The van der Waals surface area contributed by atoms with Crippen molar-refractivity contribution in [3.63, 3.8) is 0 Å². The van der Waals surface area contributed by atoms with Gasteiger partial charge in [-0.15, -0.1) is 0 Å². The van der Waals surface area contributed by atoms with Crippen LogP contribution in [-0.2, 0) is 9.53 Å². The molecule has 1 aromatic carbocycles. The zero-order valence-electron chi connectivity index (χ0n) is 8.97. The Labute approximate surface area is 93.7 Å². The number of benzene rings is 1. The fraction of sp³-hybridized carbons (Fsp3) is 0.200. The van der Waals surface area contributed by atoms with Crippen LogP contribution in [0.3, 0.4) is 0 Å². The number of ether oxygens (including phenoxy) is 1. The molecule has 0 spiro atoms. The molecule has 0 aliphatic rings. The molecule has 0 bridgehead atoms. The van der Waals surface area contributed by atoms with Crippen LogP contribution in [0.2, 0.25) is 0 Å². The van der Waals surface area contributed by atoms with E-state index in [9.17, 15) is 4.79 Å². The van der Waals surface area contributed by atoms with E-state index < -0.39 is 6.09 Å². The number of nitrogens with one attached hydrogen (secondary N) is 1. The van der Waals surface area contributed by atoms with E-state index in [1.165, 1.54) is 0 Å². The summed E-state index contributed by atoms with van der Waals surface area (Å²) >= 11 is 0. The van der Waals surface area contributed by atoms with Crippen LogP contribution in [0.15, 0.2) is 30.3 Å². The largest absolute Gasteiger partial charge is 0.450 e. The molecular formula is C10H15N3O3. The minimum Gasteiger partial charge on any atom is -0.450 e. The van der Waals surface area contributed by atoms with Crippen LogP contribution in [0.5, 0.6) is 0 Å². The van der Waals surface area contributed by atoms with Crippen LogP contribution in [0.4, 0.5) is 10.5 Å². The molecule has 0 aliphatic carbocycles. The molecule has 6 heteroatoms. The Balaban J connectivity index is 0. The molecule has 0 heterocycles. The lowest BCUT2D eigenvalue weighted by Crippen LogP contribution is -2.11. The van der Waals surface area contributed by atoms with Gasteiger partial charge >= 0.3 is 6.09 Å². The van der Waals surface area contributed by atoms with Crippen molar-refractivity contribution < 1.29 is 14.3 Å². The fourth-order valence-corrected chi connectivity index (χ4v) is 0.595. The Bertz CT molecular complexity index is 308. The molecule has 0 aliphatic heterocycles. The minimum absolute atomic E-state index is 0.356. The number of anilines is 1. The molecule has 0 aromatic heterocycles. The number of isocyanates is 1.